The van der Waals surface area contributed by atoms with Gasteiger partial charge >= 0.3 is 59.1 Å². The first-order valence-corrected chi connectivity index (χ1v) is 9.70. The first-order valence-electron chi connectivity index (χ1n) is 7.03. The van der Waals surface area contributed by atoms with Crippen molar-refractivity contribution in [1.82, 2.24) is 0 Å². The SMILES string of the molecule is CCCCCCCCCC(=O)C(C)C=O.O=S([O-])S(=O)[O-].[Na+].[Na+]. The van der Waals surface area contributed by atoms with Gasteiger partial charge in [0.05, 0.1) is 5.92 Å². The Morgan fingerprint density at radius 1 is 0.957 bits per heavy atom. The largest absolute Gasteiger partial charge is 1.00 e. The van der Waals surface area contributed by atoms with Crippen LogP contribution in [0.2, 0.25) is 0 Å². The van der Waals surface area contributed by atoms with Gasteiger partial charge in [-0.25, -0.2) is 0 Å². The van der Waals surface area contributed by atoms with Gasteiger partial charge in [-0.2, -0.15) is 0 Å². The molecule has 0 bridgehead atoms. The van der Waals surface area contributed by atoms with E-state index in [1.807, 2.05) is 0 Å². The summed E-state index contributed by atoms with van der Waals surface area (Å²) in [5.74, 6) is -0.302. The minimum atomic E-state index is -2.95. The van der Waals surface area contributed by atoms with Crippen molar-refractivity contribution in [1.29, 1.82) is 0 Å². The molecule has 0 aliphatic carbocycles. The summed E-state index contributed by atoms with van der Waals surface area (Å²) in [6.45, 7) is 3.88. The van der Waals surface area contributed by atoms with Crippen molar-refractivity contribution in [2.75, 3.05) is 0 Å². The normalized spacial score (nSPS) is 13.2. The van der Waals surface area contributed by atoms with E-state index in [9.17, 15) is 9.59 Å². The van der Waals surface area contributed by atoms with E-state index in [1.165, 1.54) is 32.1 Å². The number of aldehydes is 1. The maximum absolute atomic E-state index is 11.3. The summed E-state index contributed by atoms with van der Waals surface area (Å²) in [6, 6.07) is 0. The van der Waals surface area contributed by atoms with Gasteiger partial charge < -0.3 is 13.9 Å². The second kappa shape index (κ2) is 23.6. The van der Waals surface area contributed by atoms with Crippen LogP contribution in [-0.4, -0.2) is 29.6 Å². The van der Waals surface area contributed by atoms with Gasteiger partial charge in [-0.15, -0.1) is 0 Å². The van der Waals surface area contributed by atoms with E-state index in [0.29, 0.717) is 6.42 Å². The molecule has 0 aliphatic rings. The molecule has 0 N–H and O–H groups in total. The number of carbonyl (C=O) groups is 2. The van der Waals surface area contributed by atoms with Gasteiger partial charge in [0.15, 0.2) is 0 Å². The zero-order valence-electron chi connectivity index (χ0n) is 14.6. The molecule has 10 heteroatoms. The molecule has 0 radical (unpaired) electrons. The van der Waals surface area contributed by atoms with Crippen LogP contribution in [0.3, 0.4) is 0 Å². The molecule has 0 rings (SSSR count). The molecule has 0 spiro atoms. The third-order valence-electron chi connectivity index (χ3n) is 2.85. The summed E-state index contributed by atoms with van der Waals surface area (Å²) in [5.41, 5.74) is 0. The summed E-state index contributed by atoms with van der Waals surface area (Å²) in [6.07, 6.45) is 9.81. The molecule has 126 valence electrons. The van der Waals surface area contributed by atoms with Crippen molar-refractivity contribution in [3.63, 3.8) is 0 Å². The van der Waals surface area contributed by atoms with Crippen LogP contribution in [-0.2, 0) is 29.8 Å². The summed E-state index contributed by atoms with van der Waals surface area (Å²) in [4.78, 5) is 21.6. The van der Waals surface area contributed by atoms with E-state index < -0.39 is 26.1 Å². The van der Waals surface area contributed by atoms with E-state index in [2.05, 4.69) is 6.92 Å². The molecule has 6 nitrogen and oxygen atoms in total. The third-order valence-corrected chi connectivity index (χ3v) is 3.74. The number of unbranched alkanes of at least 4 members (excludes halogenated alkanes) is 6. The summed E-state index contributed by atoms with van der Waals surface area (Å²) >= 11 is 0. The number of hydrogen-bond acceptors (Lipinski definition) is 6. The van der Waals surface area contributed by atoms with Crippen molar-refractivity contribution < 1.29 is 86.2 Å². The predicted molar refractivity (Wildman–Crippen MR) is 80.7 cm³/mol. The Hall–Kier alpha value is 1.56. The van der Waals surface area contributed by atoms with Crippen molar-refractivity contribution in [3.8, 4) is 0 Å². The average molecular weight is 386 g/mol. The predicted octanol–water partition coefficient (Wildman–Crippen LogP) is -3.80. The van der Waals surface area contributed by atoms with Gasteiger partial charge in [0, 0.05) is 26.6 Å². The number of ketones is 1. The van der Waals surface area contributed by atoms with Crippen LogP contribution in [0, 0.1) is 5.92 Å². The quantitative estimate of drug-likeness (QED) is 0.0898. The van der Waals surface area contributed by atoms with Gasteiger partial charge in [-0.05, 0) is 13.3 Å². The van der Waals surface area contributed by atoms with Crippen molar-refractivity contribution in [3.05, 3.63) is 0 Å². The molecule has 3 unspecified atom stereocenters. The average Bonchev–Trinajstić information content (AvgIpc) is 2.45. The molecule has 0 aromatic rings. The van der Waals surface area contributed by atoms with Crippen LogP contribution < -0.4 is 59.1 Å². The molecule has 0 aliphatic heterocycles. The summed E-state index contributed by atoms with van der Waals surface area (Å²) < 4.78 is 36.3. The van der Waals surface area contributed by atoms with Gasteiger partial charge in [-0.1, -0.05) is 45.4 Å². The Morgan fingerprint density at radius 3 is 1.70 bits per heavy atom. The molecule has 0 saturated carbocycles. The molecular formula is C13H24Na2O6S2. The first kappa shape index (κ1) is 32.3. The molecule has 23 heavy (non-hydrogen) atoms. The Labute approximate surface area is 187 Å². The van der Waals surface area contributed by atoms with Gasteiger partial charge in [-0.3, -0.25) is 13.2 Å². The summed E-state index contributed by atoms with van der Waals surface area (Å²) in [7, 11) is -5.90. The molecule has 0 fully saturated rings. The fourth-order valence-corrected chi connectivity index (χ4v) is 1.56. The summed E-state index contributed by atoms with van der Waals surface area (Å²) in [5, 5.41) is 0. The van der Waals surface area contributed by atoms with Crippen molar-refractivity contribution >= 4 is 32.3 Å². The molecule has 0 aromatic heterocycles. The molecule has 0 amide bonds. The van der Waals surface area contributed by atoms with E-state index >= 15 is 0 Å². The number of hydrogen-bond donors (Lipinski definition) is 0. The second-order valence-corrected chi connectivity index (χ2v) is 7.12. The maximum atomic E-state index is 11.3. The number of carbonyl (C=O) groups excluding carboxylic acids is 2. The van der Waals surface area contributed by atoms with Crippen LogP contribution in [0.5, 0.6) is 0 Å². The zero-order valence-corrected chi connectivity index (χ0v) is 20.2. The number of rotatable bonds is 11. The van der Waals surface area contributed by atoms with E-state index in [-0.39, 0.29) is 64.9 Å². The Morgan fingerprint density at radius 2 is 1.35 bits per heavy atom. The van der Waals surface area contributed by atoms with Crippen molar-refractivity contribution in [2.45, 2.75) is 65.2 Å². The fourth-order valence-electron chi connectivity index (χ4n) is 1.56. The molecule has 0 heterocycles. The molecule has 3 atom stereocenters. The fraction of sp³-hybridized carbons (Fsp3) is 0.846. The zero-order chi connectivity index (χ0) is 16.7. The minimum absolute atomic E-state index is 0. The number of Topliss-reactive ketones (excluding diaryl/α,β-unsaturated/α-hetero) is 1. The van der Waals surface area contributed by atoms with Crippen LogP contribution >= 0.6 is 0 Å². The standard InChI is InChI=1S/C13H24O2.2Na.H2O4S2/c1-3-4-5-6-7-8-9-10-13(15)12(2)11-14;;;1-5(2)6(3)4/h11-12H,3-10H2,1-2H3;;;(H,1,2)(H,3,4)/q;2*+1;/p-2. The topological polar surface area (TPSA) is 114 Å². The smallest absolute Gasteiger partial charge is 0.763 e. The molecule has 0 aromatic carbocycles. The first-order chi connectivity index (χ1) is 9.86. The third kappa shape index (κ3) is 25.9. The van der Waals surface area contributed by atoms with Crippen LogP contribution in [0.15, 0.2) is 0 Å². The van der Waals surface area contributed by atoms with Gasteiger partial charge in [0.1, 0.15) is 12.1 Å². The van der Waals surface area contributed by atoms with E-state index in [1.54, 1.807) is 6.92 Å². The Kier molecular flexibility index (Phi) is 33.0. The Balaban J connectivity index is -0.000000194. The van der Waals surface area contributed by atoms with Crippen LogP contribution in [0.25, 0.3) is 0 Å². The maximum Gasteiger partial charge on any atom is 1.00 e. The Bertz CT molecular complexity index is 330. The molecule has 0 saturated heterocycles. The van der Waals surface area contributed by atoms with Crippen LogP contribution in [0.4, 0.5) is 0 Å². The van der Waals surface area contributed by atoms with E-state index in [0.717, 1.165) is 19.1 Å². The van der Waals surface area contributed by atoms with E-state index in [4.69, 9.17) is 17.5 Å². The second-order valence-electron chi connectivity index (χ2n) is 4.67. The monoisotopic (exact) mass is 386 g/mol. The molecular weight excluding hydrogens is 362 g/mol. The van der Waals surface area contributed by atoms with Crippen LogP contribution in [0.1, 0.15) is 65.2 Å². The van der Waals surface area contributed by atoms with Crippen molar-refractivity contribution in [2.24, 2.45) is 5.92 Å². The van der Waals surface area contributed by atoms with Gasteiger partial charge in [0.25, 0.3) is 0 Å². The van der Waals surface area contributed by atoms with Gasteiger partial charge in [0.2, 0.25) is 0 Å². The minimum Gasteiger partial charge on any atom is -0.763 e.